The van der Waals surface area contributed by atoms with Gasteiger partial charge >= 0.3 is 0 Å². The van der Waals surface area contributed by atoms with Crippen LogP contribution in [0.25, 0.3) is 27.5 Å². The number of piperidine rings is 2. The number of phenols is 2. The van der Waals surface area contributed by atoms with Crippen molar-refractivity contribution in [3.63, 3.8) is 0 Å². The number of rotatable bonds is 0. The van der Waals surface area contributed by atoms with Crippen molar-refractivity contribution < 1.29 is 24.2 Å². The number of aromatic hydroxyl groups is 2. The lowest BCUT2D eigenvalue weighted by atomic mass is 9.84. The Morgan fingerprint density at radius 2 is 1.18 bits per heavy atom. The highest BCUT2D eigenvalue weighted by Gasteiger charge is 2.39. The quantitative estimate of drug-likeness (QED) is 0.157. The first-order valence-electron chi connectivity index (χ1n) is 17.7. The summed E-state index contributed by atoms with van der Waals surface area (Å²) in [5.74, 6) is 2.13. The van der Waals surface area contributed by atoms with Gasteiger partial charge < -0.3 is 19.4 Å². The third kappa shape index (κ3) is 5.76. The fourth-order valence-electron chi connectivity index (χ4n) is 8.67. The number of hydrogen-bond acceptors (Lipinski definition) is 8. The predicted octanol–water partition coefficient (Wildman–Crippen LogP) is 8.02. The molecule has 5 aliphatic rings. The molecule has 8 heteroatoms. The number of hydrogen-bond donors (Lipinski definition) is 2. The average Bonchev–Trinajstić information content (AvgIpc) is 3.44. The molecule has 1 aromatic heterocycles. The number of phenolic OH excluding ortho intramolecular Hbond substituents is 2. The predicted molar refractivity (Wildman–Crippen MR) is 195 cm³/mol. The Balaban J connectivity index is 0.000000119. The third-order valence-corrected chi connectivity index (χ3v) is 11.4. The second-order valence-corrected chi connectivity index (χ2v) is 14.3. The SMILES string of the molecule is CN1C2CCC1CC(=C1c3ccccc3Oc3c(O)cccc31)C2.CN1C2CCC1CC(=O)C2.O=c1c2ccccc2oc2c(O)cccc12. The van der Waals surface area contributed by atoms with Gasteiger partial charge in [0.25, 0.3) is 0 Å². The first-order valence-corrected chi connectivity index (χ1v) is 17.7. The van der Waals surface area contributed by atoms with Gasteiger partial charge in [-0.05, 0) is 94.6 Å². The van der Waals surface area contributed by atoms with E-state index in [4.69, 9.17) is 9.15 Å². The maximum absolute atomic E-state index is 12.1. The van der Waals surface area contributed by atoms with E-state index in [9.17, 15) is 19.8 Å². The van der Waals surface area contributed by atoms with Crippen molar-refractivity contribution in [2.24, 2.45) is 0 Å². The van der Waals surface area contributed by atoms with Gasteiger partial charge in [-0.3, -0.25) is 19.4 Å². The molecule has 2 N–H and O–H groups in total. The van der Waals surface area contributed by atoms with E-state index in [0.29, 0.717) is 52.1 Å². The van der Waals surface area contributed by atoms with Crippen LogP contribution in [0, 0.1) is 0 Å². The Bertz CT molecular complexity index is 2170. The highest BCUT2D eigenvalue weighted by molar-refractivity contribution is 5.92. The maximum Gasteiger partial charge on any atom is 0.200 e. The molecular weight excluding hydrogens is 628 g/mol. The van der Waals surface area contributed by atoms with Crippen molar-refractivity contribution in [3.05, 3.63) is 112 Å². The van der Waals surface area contributed by atoms with Crippen molar-refractivity contribution in [1.82, 2.24) is 9.80 Å². The highest BCUT2D eigenvalue weighted by atomic mass is 16.5. The molecule has 0 spiro atoms. The van der Waals surface area contributed by atoms with E-state index < -0.39 is 0 Å². The molecule has 4 aromatic carbocycles. The molecule has 0 saturated carbocycles. The lowest BCUT2D eigenvalue weighted by Crippen LogP contribution is -2.39. The molecule has 0 amide bonds. The van der Waals surface area contributed by atoms with Gasteiger partial charge in [0.2, 0.25) is 5.43 Å². The van der Waals surface area contributed by atoms with Crippen LogP contribution in [0.5, 0.6) is 23.0 Å². The van der Waals surface area contributed by atoms with Crippen molar-refractivity contribution in [1.29, 1.82) is 0 Å². The van der Waals surface area contributed by atoms with E-state index in [2.05, 4.69) is 42.1 Å². The number of nitrogens with zero attached hydrogens (tertiary/aromatic N) is 2. The molecule has 4 unspecified atom stereocenters. The normalized spacial score (nSPS) is 23.8. The van der Waals surface area contributed by atoms with Gasteiger partial charge in [0.1, 0.15) is 17.1 Å². The smallest absolute Gasteiger partial charge is 0.200 e. The number of carbonyl (C=O) groups excluding carboxylic acids is 1. The molecular formula is C42H42N2O6. The van der Waals surface area contributed by atoms with Crippen LogP contribution in [0.4, 0.5) is 0 Å². The molecule has 6 heterocycles. The van der Waals surface area contributed by atoms with Crippen molar-refractivity contribution in [2.75, 3.05) is 14.1 Å². The van der Waals surface area contributed by atoms with Crippen LogP contribution in [0.1, 0.15) is 62.5 Å². The molecule has 4 fully saturated rings. The molecule has 5 aliphatic heterocycles. The van der Waals surface area contributed by atoms with Gasteiger partial charge in [-0.1, -0.05) is 54.1 Å². The van der Waals surface area contributed by atoms with Crippen LogP contribution in [0.2, 0.25) is 0 Å². The minimum atomic E-state index is -0.118. The van der Waals surface area contributed by atoms with Crippen molar-refractivity contribution in [2.45, 2.75) is 75.5 Å². The van der Waals surface area contributed by atoms with Gasteiger partial charge in [0.15, 0.2) is 22.8 Å². The maximum atomic E-state index is 12.1. The van der Waals surface area contributed by atoms with Gasteiger partial charge in [-0.15, -0.1) is 0 Å². The first kappa shape index (κ1) is 32.3. The zero-order chi connectivity index (χ0) is 34.5. The molecule has 8 nitrogen and oxygen atoms in total. The summed E-state index contributed by atoms with van der Waals surface area (Å²) in [5.41, 5.74) is 5.61. The molecule has 0 radical (unpaired) electrons. The van der Waals surface area contributed by atoms with Crippen molar-refractivity contribution >= 4 is 33.3 Å². The molecule has 4 bridgehead atoms. The average molecular weight is 671 g/mol. The molecule has 256 valence electrons. The molecule has 4 saturated heterocycles. The summed E-state index contributed by atoms with van der Waals surface area (Å²) in [4.78, 5) is 28.0. The zero-order valence-corrected chi connectivity index (χ0v) is 28.5. The Morgan fingerprint density at radius 1 is 0.620 bits per heavy atom. The summed E-state index contributed by atoms with van der Waals surface area (Å²) in [6.45, 7) is 0. The molecule has 50 heavy (non-hydrogen) atoms. The van der Waals surface area contributed by atoms with Crippen LogP contribution in [0.15, 0.2) is 99.7 Å². The third-order valence-electron chi connectivity index (χ3n) is 11.4. The summed E-state index contributed by atoms with van der Waals surface area (Å²) in [5, 5.41) is 20.9. The first-order chi connectivity index (χ1) is 24.3. The van der Waals surface area contributed by atoms with Crippen molar-refractivity contribution in [3.8, 4) is 23.0 Å². The van der Waals surface area contributed by atoms with Gasteiger partial charge in [0, 0.05) is 48.1 Å². The van der Waals surface area contributed by atoms with E-state index in [0.717, 1.165) is 42.6 Å². The Labute approximate surface area is 291 Å². The van der Waals surface area contributed by atoms with Crippen LogP contribution >= 0.6 is 0 Å². The lowest BCUT2D eigenvalue weighted by Gasteiger charge is -2.35. The molecule has 5 aromatic rings. The summed E-state index contributed by atoms with van der Waals surface area (Å²) in [6, 6.07) is 28.1. The number of ether oxygens (including phenoxy) is 1. The molecule has 10 rings (SSSR count). The van der Waals surface area contributed by atoms with Gasteiger partial charge in [-0.25, -0.2) is 0 Å². The summed E-state index contributed by atoms with van der Waals surface area (Å²) in [6.07, 6.45) is 8.93. The van der Waals surface area contributed by atoms with Crippen LogP contribution in [-0.2, 0) is 4.79 Å². The van der Waals surface area contributed by atoms with E-state index >= 15 is 0 Å². The number of carbonyl (C=O) groups is 1. The van der Waals surface area contributed by atoms with E-state index in [1.807, 2.05) is 18.2 Å². The topological polar surface area (TPSA) is 103 Å². The number of para-hydroxylation sites is 4. The largest absolute Gasteiger partial charge is 0.504 e. The number of ketones is 1. The molecule has 4 atom stereocenters. The second-order valence-electron chi connectivity index (χ2n) is 14.3. The van der Waals surface area contributed by atoms with Crippen LogP contribution in [0.3, 0.4) is 0 Å². The van der Waals surface area contributed by atoms with E-state index in [1.165, 1.54) is 42.9 Å². The number of benzene rings is 4. The lowest BCUT2D eigenvalue weighted by molar-refractivity contribution is -0.123. The second kappa shape index (κ2) is 13.1. The minimum absolute atomic E-state index is 0.0136. The monoisotopic (exact) mass is 670 g/mol. The highest BCUT2D eigenvalue weighted by Crippen LogP contribution is 2.51. The number of fused-ring (bicyclic) bond motifs is 8. The van der Waals surface area contributed by atoms with Gasteiger partial charge in [0.05, 0.1) is 10.8 Å². The Morgan fingerprint density at radius 3 is 1.90 bits per heavy atom. The summed E-state index contributed by atoms with van der Waals surface area (Å²) >= 11 is 0. The van der Waals surface area contributed by atoms with E-state index in [-0.39, 0.29) is 22.5 Å². The fraction of sp³-hybridized carbons (Fsp3) is 0.333. The van der Waals surface area contributed by atoms with Gasteiger partial charge in [-0.2, -0.15) is 0 Å². The standard InChI is InChI=1S/C21H21NO2.C13H8O3.C8H13NO/c1-22-14-9-10-15(22)12-13(11-14)20-16-5-2-3-8-19(16)24-21-17(20)6-4-7-18(21)23;14-10-6-3-5-9-12(15)8-4-1-2-7-11(8)16-13(9)10;1-9-6-2-3-7(9)5-8(10)4-6/h2-8,14-15,23H,9-12H2,1H3;1-7,14H;6-7H,2-5H2,1H3. The van der Waals surface area contributed by atoms with Crippen LogP contribution < -0.4 is 10.2 Å². The zero-order valence-electron chi connectivity index (χ0n) is 28.5. The Kier molecular flexibility index (Phi) is 8.45. The van der Waals surface area contributed by atoms with E-state index in [1.54, 1.807) is 42.5 Å². The summed E-state index contributed by atoms with van der Waals surface area (Å²) in [7, 11) is 4.41. The fourth-order valence-corrected chi connectivity index (χ4v) is 8.67. The molecule has 0 aliphatic carbocycles. The Hall–Kier alpha value is -4.92. The summed E-state index contributed by atoms with van der Waals surface area (Å²) < 4.78 is 11.5. The number of Topliss-reactive ketones (excluding diaryl/α,β-unsaturated/α-hetero) is 1. The minimum Gasteiger partial charge on any atom is -0.504 e. The van der Waals surface area contributed by atoms with Crippen LogP contribution in [-0.4, -0.2) is 64.1 Å².